The molecule has 0 aliphatic rings. The van der Waals surface area contributed by atoms with Crippen LogP contribution in [0.4, 0.5) is 5.69 Å². The number of nitrogen functional groups attached to an aromatic ring is 1. The van der Waals surface area contributed by atoms with Gasteiger partial charge >= 0.3 is 0 Å². The minimum absolute atomic E-state index is 0.182. The van der Waals surface area contributed by atoms with Crippen molar-refractivity contribution in [1.29, 1.82) is 0 Å². The number of carbonyl (C=O) groups excluding carboxylic acids is 2. The summed E-state index contributed by atoms with van der Waals surface area (Å²) in [4.78, 5) is 23.7. The third-order valence-corrected chi connectivity index (χ3v) is 4.58. The van der Waals surface area contributed by atoms with Crippen molar-refractivity contribution < 1.29 is 9.59 Å². The van der Waals surface area contributed by atoms with Crippen LogP contribution in [0.25, 0.3) is 10.8 Å². The molecule has 0 saturated carbocycles. The topological polar surface area (TPSA) is 98.2 Å². The van der Waals surface area contributed by atoms with Crippen molar-refractivity contribution >= 4 is 28.3 Å². The highest BCUT2D eigenvalue weighted by atomic mass is 16.2. The first-order chi connectivity index (χ1) is 12.0. The quantitative estimate of drug-likeness (QED) is 0.508. The maximum atomic E-state index is 12.1. The van der Waals surface area contributed by atoms with Crippen molar-refractivity contribution in [1.82, 2.24) is 5.32 Å². The summed E-state index contributed by atoms with van der Waals surface area (Å²) in [6, 6.07) is 10.9. The Morgan fingerprint density at radius 2 is 1.76 bits per heavy atom. The van der Waals surface area contributed by atoms with Gasteiger partial charge in [-0.2, -0.15) is 0 Å². The monoisotopic (exact) mass is 341 g/mol. The van der Waals surface area contributed by atoms with Gasteiger partial charge in [0.2, 0.25) is 11.8 Å². The standard InChI is InChI=1S/C20H27N3O2/c1-3-4-5-10-17(19(20(22)25)23-13(2)24)15-11-12-18(21)16-9-7-6-8-14(15)16/h6-9,11-12,17,19H,3-5,10,21H2,1-2H3,(H2,22,25)(H,23,24). The molecule has 2 atom stereocenters. The van der Waals surface area contributed by atoms with E-state index in [-0.39, 0.29) is 11.8 Å². The summed E-state index contributed by atoms with van der Waals surface area (Å²) in [5, 5.41) is 4.69. The number of primary amides is 1. The number of nitrogens with two attached hydrogens (primary N) is 2. The van der Waals surface area contributed by atoms with Gasteiger partial charge in [0.15, 0.2) is 0 Å². The van der Waals surface area contributed by atoms with E-state index in [2.05, 4.69) is 12.2 Å². The molecule has 5 heteroatoms. The van der Waals surface area contributed by atoms with Crippen LogP contribution in [0.2, 0.25) is 0 Å². The summed E-state index contributed by atoms with van der Waals surface area (Å²) < 4.78 is 0. The smallest absolute Gasteiger partial charge is 0.240 e. The molecule has 134 valence electrons. The third kappa shape index (κ3) is 4.50. The Balaban J connectivity index is 2.53. The van der Waals surface area contributed by atoms with E-state index in [0.717, 1.165) is 42.0 Å². The predicted molar refractivity (Wildman–Crippen MR) is 102 cm³/mol. The molecular formula is C20H27N3O2. The van der Waals surface area contributed by atoms with Crippen LogP contribution in [0.1, 0.15) is 51.0 Å². The average Bonchev–Trinajstić information content (AvgIpc) is 2.58. The van der Waals surface area contributed by atoms with Crippen molar-refractivity contribution in [2.75, 3.05) is 5.73 Å². The Hall–Kier alpha value is -2.56. The third-order valence-electron chi connectivity index (χ3n) is 4.58. The lowest BCUT2D eigenvalue weighted by Gasteiger charge is -2.27. The van der Waals surface area contributed by atoms with E-state index in [0.29, 0.717) is 5.69 Å². The van der Waals surface area contributed by atoms with E-state index in [1.807, 2.05) is 36.4 Å². The van der Waals surface area contributed by atoms with E-state index in [1.165, 1.54) is 6.92 Å². The summed E-state index contributed by atoms with van der Waals surface area (Å²) in [6.45, 7) is 3.53. The van der Waals surface area contributed by atoms with Crippen LogP contribution in [0.15, 0.2) is 36.4 Å². The van der Waals surface area contributed by atoms with Gasteiger partial charge in [-0.05, 0) is 23.4 Å². The minimum atomic E-state index is -0.735. The van der Waals surface area contributed by atoms with Crippen molar-refractivity contribution in [3.63, 3.8) is 0 Å². The second kappa shape index (κ2) is 8.51. The van der Waals surface area contributed by atoms with Gasteiger partial charge in [0, 0.05) is 23.9 Å². The first kappa shape index (κ1) is 18.8. The summed E-state index contributed by atoms with van der Waals surface area (Å²) in [5.74, 6) is -0.958. The molecule has 5 N–H and O–H groups in total. The second-order valence-electron chi connectivity index (χ2n) is 6.47. The minimum Gasteiger partial charge on any atom is -0.398 e. The lowest BCUT2D eigenvalue weighted by atomic mass is 9.83. The molecule has 2 aromatic rings. The van der Waals surface area contributed by atoms with Gasteiger partial charge in [0.25, 0.3) is 0 Å². The summed E-state index contributed by atoms with van der Waals surface area (Å²) in [7, 11) is 0. The number of nitrogens with one attached hydrogen (secondary N) is 1. The van der Waals surface area contributed by atoms with Crippen molar-refractivity contribution in [3.05, 3.63) is 42.0 Å². The fraction of sp³-hybridized carbons (Fsp3) is 0.400. The SMILES string of the molecule is CCCCCC(c1ccc(N)c2ccccc12)C(NC(C)=O)C(N)=O. The van der Waals surface area contributed by atoms with E-state index in [1.54, 1.807) is 0 Å². The number of anilines is 1. The Kier molecular flexibility index (Phi) is 6.39. The van der Waals surface area contributed by atoms with Crippen molar-refractivity contribution in [2.45, 2.75) is 51.5 Å². The highest BCUT2D eigenvalue weighted by Gasteiger charge is 2.29. The molecule has 0 spiro atoms. The van der Waals surface area contributed by atoms with Crippen LogP contribution in [0.5, 0.6) is 0 Å². The number of carbonyl (C=O) groups is 2. The summed E-state index contributed by atoms with van der Waals surface area (Å²) >= 11 is 0. The van der Waals surface area contributed by atoms with Crippen molar-refractivity contribution in [3.8, 4) is 0 Å². The molecule has 0 bridgehead atoms. The van der Waals surface area contributed by atoms with Gasteiger partial charge in [0.05, 0.1) is 0 Å². The predicted octanol–water partition coefficient (Wildman–Crippen LogP) is 3.08. The van der Waals surface area contributed by atoms with Crippen LogP contribution in [-0.2, 0) is 9.59 Å². The molecule has 0 aliphatic heterocycles. The molecule has 0 aliphatic carbocycles. The first-order valence-corrected chi connectivity index (χ1v) is 8.79. The number of amides is 2. The van der Waals surface area contributed by atoms with Gasteiger partial charge in [-0.1, -0.05) is 56.5 Å². The van der Waals surface area contributed by atoms with Gasteiger partial charge in [-0.25, -0.2) is 0 Å². The number of hydrogen-bond acceptors (Lipinski definition) is 3. The molecule has 5 nitrogen and oxygen atoms in total. The van der Waals surface area contributed by atoms with E-state index >= 15 is 0 Å². The van der Waals surface area contributed by atoms with E-state index in [9.17, 15) is 9.59 Å². The van der Waals surface area contributed by atoms with Crippen LogP contribution >= 0.6 is 0 Å². The van der Waals surface area contributed by atoms with Crippen LogP contribution in [-0.4, -0.2) is 17.9 Å². The molecule has 25 heavy (non-hydrogen) atoms. The summed E-state index contributed by atoms with van der Waals surface area (Å²) in [6.07, 6.45) is 3.88. The normalized spacial score (nSPS) is 13.4. The van der Waals surface area contributed by atoms with Gasteiger partial charge in [-0.3, -0.25) is 9.59 Å². The summed E-state index contributed by atoms with van der Waals surface area (Å²) in [5.41, 5.74) is 13.4. The fourth-order valence-electron chi connectivity index (χ4n) is 3.37. The molecule has 0 saturated heterocycles. The average molecular weight is 341 g/mol. The Morgan fingerprint density at radius 3 is 2.36 bits per heavy atom. The zero-order valence-corrected chi connectivity index (χ0v) is 14.9. The van der Waals surface area contributed by atoms with Crippen LogP contribution in [0.3, 0.4) is 0 Å². The lowest BCUT2D eigenvalue weighted by Crippen LogP contribution is -2.47. The first-order valence-electron chi connectivity index (χ1n) is 8.79. The lowest BCUT2D eigenvalue weighted by molar-refractivity contribution is -0.126. The zero-order chi connectivity index (χ0) is 18.4. The fourth-order valence-corrected chi connectivity index (χ4v) is 3.37. The molecule has 0 fully saturated rings. The molecule has 0 radical (unpaired) electrons. The van der Waals surface area contributed by atoms with E-state index < -0.39 is 11.9 Å². The second-order valence-corrected chi connectivity index (χ2v) is 6.47. The maximum absolute atomic E-state index is 12.1. The van der Waals surface area contributed by atoms with Gasteiger partial charge < -0.3 is 16.8 Å². The Labute approximate surface area is 148 Å². The highest BCUT2D eigenvalue weighted by Crippen LogP contribution is 2.34. The number of unbranched alkanes of at least 4 members (excludes halogenated alkanes) is 2. The molecule has 0 heterocycles. The molecule has 2 unspecified atom stereocenters. The molecule has 2 amide bonds. The maximum Gasteiger partial charge on any atom is 0.240 e. The zero-order valence-electron chi connectivity index (χ0n) is 14.9. The van der Waals surface area contributed by atoms with Crippen LogP contribution < -0.4 is 16.8 Å². The van der Waals surface area contributed by atoms with E-state index in [4.69, 9.17) is 11.5 Å². The molecule has 2 rings (SSSR count). The Bertz CT molecular complexity index is 758. The van der Waals surface area contributed by atoms with Crippen LogP contribution in [0, 0.1) is 0 Å². The molecular weight excluding hydrogens is 314 g/mol. The number of rotatable bonds is 8. The Morgan fingerprint density at radius 1 is 1.08 bits per heavy atom. The highest BCUT2D eigenvalue weighted by molar-refractivity contribution is 5.96. The molecule has 0 aromatic heterocycles. The van der Waals surface area contributed by atoms with Gasteiger partial charge in [0.1, 0.15) is 6.04 Å². The van der Waals surface area contributed by atoms with Gasteiger partial charge in [-0.15, -0.1) is 0 Å². The number of fused-ring (bicyclic) bond motifs is 1. The molecule has 2 aromatic carbocycles. The number of benzene rings is 2. The number of hydrogen-bond donors (Lipinski definition) is 3. The largest absolute Gasteiger partial charge is 0.398 e. The van der Waals surface area contributed by atoms with Crippen molar-refractivity contribution in [2.24, 2.45) is 5.73 Å².